The lowest BCUT2D eigenvalue weighted by Crippen LogP contribution is -2.20. The van der Waals surface area contributed by atoms with E-state index in [1.54, 1.807) is 6.07 Å². The van der Waals surface area contributed by atoms with E-state index in [1.807, 2.05) is 30.3 Å². The van der Waals surface area contributed by atoms with Crippen LogP contribution in [0, 0.1) is 5.41 Å². The van der Waals surface area contributed by atoms with Crippen molar-refractivity contribution in [3.8, 4) is 0 Å². The Morgan fingerprint density at radius 1 is 1.19 bits per heavy atom. The maximum absolute atomic E-state index is 9.18. The fourth-order valence-corrected chi connectivity index (χ4v) is 1.30. The molecule has 16 heavy (non-hydrogen) atoms. The minimum atomic E-state index is -0.0507. The maximum atomic E-state index is 9.18. The average molecular weight is 216 g/mol. The molecular weight excluding hydrogens is 204 g/mol. The van der Waals surface area contributed by atoms with Gasteiger partial charge in [-0.15, -0.1) is 5.10 Å². The van der Waals surface area contributed by atoms with Crippen molar-refractivity contribution in [2.24, 2.45) is 0 Å². The van der Waals surface area contributed by atoms with Gasteiger partial charge in [0.25, 0.3) is 0 Å². The smallest absolute Gasteiger partial charge is 0.182 e. The van der Waals surface area contributed by atoms with Gasteiger partial charge in [-0.2, -0.15) is 0 Å². The zero-order chi connectivity index (χ0) is 11.4. The second-order valence-electron chi connectivity index (χ2n) is 3.33. The summed E-state index contributed by atoms with van der Waals surface area (Å²) in [6, 6.07) is 13.0. The minimum Gasteiger partial charge on any atom is -0.410 e. The summed E-state index contributed by atoms with van der Waals surface area (Å²) in [6.45, 7) is 0.630. The van der Waals surface area contributed by atoms with Crippen LogP contribution < -0.4 is 10.8 Å². The number of nitrogens with zero attached hydrogens (tertiary/aromatic N) is 2. The van der Waals surface area contributed by atoms with Crippen LogP contribution in [-0.4, -0.2) is 15.2 Å². The van der Waals surface area contributed by atoms with E-state index in [-0.39, 0.29) is 5.49 Å². The first-order valence-electron chi connectivity index (χ1n) is 4.88. The molecule has 3 N–H and O–H groups in total. The summed E-state index contributed by atoms with van der Waals surface area (Å²) in [5.41, 5.74) is 1.08. The van der Waals surface area contributed by atoms with Crippen LogP contribution in [-0.2, 0) is 6.54 Å². The first kappa shape index (κ1) is 10.2. The summed E-state index contributed by atoms with van der Waals surface area (Å²) in [5, 5.41) is 23.2. The molecule has 5 nitrogen and oxygen atoms in total. The topological polar surface area (TPSA) is 73.9 Å². The molecule has 0 unspecified atom stereocenters. The fraction of sp³-hybridized carbons (Fsp3) is 0.0909. The van der Waals surface area contributed by atoms with Crippen LogP contribution in [0.3, 0.4) is 0 Å². The van der Waals surface area contributed by atoms with E-state index in [4.69, 9.17) is 5.41 Å². The Balaban J connectivity index is 2.05. The van der Waals surface area contributed by atoms with Crippen LogP contribution in [0.25, 0.3) is 0 Å². The molecule has 0 saturated heterocycles. The Bertz CT molecular complexity index is 521. The van der Waals surface area contributed by atoms with Gasteiger partial charge in [-0.3, -0.25) is 5.41 Å². The zero-order valence-electron chi connectivity index (χ0n) is 8.59. The Morgan fingerprint density at radius 2 is 1.94 bits per heavy atom. The van der Waals surface area contributed by atoms with Crippen molar-refractivity contribution in [1.29, 1.82) is 5.41 Å². The van der Waals surface area contributed by atoms with E-state index in [9.17, 15) is 5.21 Å². The van der Waals surface area contributed by atoms with Crippen LogP contribution in [0.5, 0.6) is 0 Å². The third-order valence-electron chi connectivity index (χ3n) is 2.13. The molecule has 0 amide bonds. The molecule has 0 bridgehead atoms. The first-order chi connectivity index (χ1) is 7.75. The predicted molar refractivity (Wildman–Crippen MR) is 59.0 cm³/mol. The highest BCUT2D eigenvalue weighted by Crippen LogP contribution is 2.03. The molecule has 1 heterocycles. The molecule has 0 spiro atoms. The summed E-state index contributed by atoms with van der Waals surface area (Å²) in [5.74, 6) is 0.530. The molecule has 0 fully saturated rings. The van der Waals surface area contributed by atoms with Gasteiger partial charge in [0.2, 0.25) is 0 Å². The van der Waals surface area contributed by atoms with Gasteiger partial charge in [0.05, 0.1) is 0 Å². The van der Waals surface area contributed by atoms with Gasteiger partial charge in [0.1, 0.15) is 5.82 Å². The van der Waals surface area contributed by atoms with Crippen molar-refractivity contribution in [3.63, 3.8) is 0 Å². The van der Waals surface area contributed by atoms with Crippen molar-refractivity contribution in [2.75, 3.05) is 5.32 Å². The summed E-state index contributed by atoms with van der Waals surface area (Å²) < 4.78 is 0. The first-order valence-corrected chi connectivity index (χ1v) is 4.88. The third-order valence-corrected chi connectivity index (χ3v) is 2.13. The number of hydrogen-bond acceptors (Lipinski definition) is 4. The van der Waals surface area contributed by atoms with Crippen molar-refractivity contribution in [2.45, 2.75) is 6.54 Å². The summed E-state index contributed by atoms with van der Waals surface area (Å²) in [6.07, 6.45) is 0. The van der Waals surface area contributed by atoms with Gasteiger partial charge in [-0.05, 0) is 17.7 Å². The van der Waals surface area contributed by atoms with Crippen molar-refractivity contribution < 1.29 is 5.21 Å². The highest BCUT2D eigenvalue weighted by Gasteiger charge is 1.96. The number of nitrogens with one attached hydrogen (secondary N) is 2. The normalized spacial score (nSPS) is 10.0. The van der Waals surface area contributed by atoms with E-state index in [1.165, 1.54) is 6.07 Å². The van der Waals surface area contributed by atoms with Gasteiger partial charge in [0.15, 0.2) is 5.49 Å². The summed E-state index contributed by atoms with van der Waals surface area (Å²) in [7, 11) is 0. The van der Waals surface area contributed by atoms with Crippen molar-refractivity contribution >= 4 is 5.82 Å². The van der Waals surface area contributed by atoms with Crippen molar-refractivity contribution in [1.82, 2.24) is 9.94 Å². The average Bonchev–Trinajstić information content (AvgIpc) is 2.32. The van der Waals surface area contributed by atoms with E-state index in [0.717, 1.165) is 5.56 Å². The molecule has 0 aliphatic heterocycles. The molecule has 0 saturated carbocycles. The predicted octanol–water partition coefficient (Wildman–Crippen LogP) is 1.21. The monoisotopic (exact) mass is 216 g/mol. The minimum absolute atomic E-state index is 0.0507. The number of benzene rings is 1. The Hall–Kier alpha value is -2.30. The van der Waals surface area contributed by atoms with Crippen LogP contribution in [0.15, 0.2) is 42.5 Å². The van der Waals surface area contributed by atoms with Crippen molar-refractivity contribution in [3.05, 3.63) is 53.5 Å². The maximum Gasteiger partial charge on any atom is 0.182 e. The summed E-state index contributed by atoms with van der Waals surface area (Å²) in [4.78, 5) is 0.535. The molecule has 1 aromatic heterocycles. The molecular formula is C11H12N4O. The molecule has 5 heteroatoms. The lowest BCUT2D eigenvalue weighted by atomic mass is 10.2. The largest absolute Gasteiger partial charge is 0.410 e. The zero-order valence-corrected chi connectivity index (χ0v) is 8.59. The Morgan fingerprint density at radius 3 is 2.62 bits per heavy atom. The molecule has 0 atom stereocenters. The Labute approximate surface area is 92.5 Å². The molecule has 82 valence electrons. The van der Waals surface area contributed by atoms with Gasteiger partial charge in [0, 0.05) is 6.54 Å². The standard InChI is InChI=1S/C11H12N4O/c12-10-6-7-11(14-15(10)16)13-8-9-4-2-1-3-5-9/h1-7,12,16H,8H2,(H,13,14). The number of aromatic nitrogens is 2. The molecule has 2 rings (SSSR count). The van der Waals surface area contributed by atoms with Crippen LogP contribution in [0.2, 0.25) is 0 Å². The lowest BCUT2D eigenvalue weighted by Gasteiger charge is -2.05. The molecule has 1 aromatic carbocycles. The summed E-state index contributed by atoms with van der Waals surface area (Å²) >= 11 is 0. The van der Waals surface area contributed by atoms with Gasteiger partial charge >= 0.3 is 0 Å². The quantitative estimate of drug-likeness (QED) is 0.675. The molecule has 0 aliphatic rings. The van der Waals surface area contributed by atoms with Gasteiger partial charge in [-0.1, -0.05) is 35.2 Å². The lowest BCUT2D eigenvalue weighted by molar-refractivity contribution is 0.131. The van der Waals surface area contributed by atoms with Crippen LogP contribution in [0.4, 0.5) is 5.82 Å². The van der Waals surface area contributed by atoms with Gasteiger partial charge < -0.3 is 10.5 Å². The van der Waals surface area contributed by atoms with Crippen LogP contribution in [0.1, 0.15) is 5.56 Å². The fourth-order valence-electron chi connectivity index (χ4n) is 1.30. The van der Waals surface area contributed by atoms with E-state index >= 15 is 0 Å². The number of rotatable bonds is 3. The molecule has 0 aliphatic carbocycles. The third kappa shape index (κ3) is 2.38. The van der Waals surface area contributed by atoms with E-state index < -0.39 is 0 Å². The SMILES string of the molecule is N=c1ccc(NCc2ccccc2)nn1O. The van der Waals surface area contributed by atoms with Gasteiger partial charge in [-0.25, -0.2) is 0 Å². The van der Waals surface area contributed by atoms with E-state index in [2.05, 4.69) is 10.4 Å². The second-order valence-corrected chi connectivity index (χ2v) is 3.33. The number of hydrogen-bond donors (Lipinski definition) is 3. The highest BCUT2D eigenvalue weighted by molar-refractivity contribution is 5.33. The highest BCUT2D eigenvalue weighted by atomic mass is 16.5. The second kappa shape index (κ2) is 4.48. The Kier molecular flexibility index (Phi) is 2.86. The molecule has 0 radical (unpaired) electrons. The van der Waals surface area contributed by atoms with E-state index in [0.29, 0.717) is 17.2 Å². The number of anilines is 1. The van der Waals surface area contributed by atoms with Crippen LogP contribution >= 0.6 is 0 Å². The molecule has 2 aromatic rings.